The van der Waals surface area contributed by atoms with Crippen molar-refractivity contribution in [3.63, 3.8) is 0 Å². The van der Waals surface area contributed by atoms with Crippen LogP contribution in [0, 0.1) is 17.1 Å². The second-order valence-corrected chi connectivity index (χ2v) is 4.70. The van der Waals surface area contributed by atoms with E-state index in [4.69, 9.17) is 10.00 Å². The lowest BCUT2D eigenvalue weighted by Crippen LogP contribution is -2.05. The zero-order chi connectivity index (χ0) is 13.5. The van der Waals surface area contributed by atoms with Gasteiger partial charge in [0.15, 0.2) is 17.3 Å². The van der Waals surface area contributed by atoms with Gasteiger partial charge in [0.1, 0.15) is 0 Å². The van der Waals surface area contributed by atoms with Crippen molar-refractivity contribution in [2.24, 2.45) is 0 Å². The maximum atomic E-state index is 13.7. The molecule has 1 rings (SSSR count). The van der Waals surface area contributed by atoms with Gasteiger partial charge < -0.3 is 4.74 Å². The van der Waals surface area contributed by atoms with Gasteiger partial charge >= 0.3 is 0 Å². The molecule has 0 aliphatic rings. The Morgan fingerprint density at radius 1 is 1.50 bits per heavy atom. The lowest BCUT2D eigenvalue weighted by molar-refractivity contribution is 0.101. The smallest absolute Gasteiger partial charge is 0.166 e. The molecule has 0 aromatic heterocycles. The highest BCUT2D eigenvalue weighted by molar-refractivity contribution is 9.10. The van der Waals surface area contributed by atoms with Gasteiger partial charge in [-0.05, 0) is 31.9 Å². The molecule has 0 fully saturated rings. The molecule has 3 nitrogen and oxygen atoms in total. The van der Waals surface area contributed by atoms with E-state index < -0.39 is 5.82 Å². The minimum absolute atomic E-state index is 0.0114. The van der Waals surface area contributed by atoms with Gasteiger partial charge in [0.05, 0.1) is 18.2 Å². The van der Waals surface area contributed by atoms with Crippen LogP contribution in [0.4, 0.5) is 4.39 Å². The number of Topliss-reactive ketones (excluding diaryl/α,β-unsaturated/α-hetero) is 1. The number of ketones is 1. The Labute approximate surface area is 114 Å². The lowest BCUT2D eigenvalue weighted by Gasteiger charge is -2.11. The van der Waals surface area contributed by atoms with Crippen LogP contribution in [0.15, 0.2) is 16.6 Å². The summed E-state index contributed by atoms with van der Waals surface area (Å²) in [6, 6.07) is 4.82. The normalized spacial score (nSPS) is 9.89. The molecule has 0 bridgehead atoms. The van der Waals surface area contributed by atoms with Gasteiger partial charge in [-0.15, -0.1) is 0 Å². The van der Waals surface area contributed by atoms with Crippen LogP contribution >= 0.6 is 15.9 Å². The molecular formula is C13H13BrFNO2. The zero-order valence-electron chi connectivity index (χ0n) is 10.0. The van der Waals surface area contributed by atoms with Crippen molar-refractivity contribution in [3.8, 4) is 11.8 Å². The SMILES string of the molecule is CC(=O)c1cc(Br)cc(F)c1OCCCCC#N. The number of rotatable bonds is 6. The van der Waals surface area contributed by atoms with Crippen LogP contribution in [0.25, 0.3) is 0 Å². The van der Waals surface area contributed by atoms with E-state index in [-0.39, 0.29) is 17.1 Å². The molecule has 0 heterocycles. The second-order valence-electron chi connectivity index (χ2n) is 3.78. The largest absolute Gasteiger partial charge is 0.490 e. The first-order valence-electron chi connectivity index (χ1n) is 5.56. The first-order valence-corrected chi connectivity index (χ1v) is 6.35. The average molecular weight is 314 g/mol. The summed E-state index contributed by atoms with van der Waals surface area (Å²) < 4.78 is 19.5. The number of unbranched alkanes of at least 4 members (excludes halogenated alkanes) is 2. The fraction of sp³-hybridized carbons (Fsp3) is 0.385. The van der Waals surface area contributed by atoms with E-state index in [9.17, 15) is 9.18 Å². The summed E-state index contributed by atoms with van der Waals surface area (Å²) in [5.41, 5.74) is 0.224. The number of nitriles is 1. The third-order valence-electron chi connectivity index (χ3n) is 2.32. The number of hydrogen-bond acceptors (Lipinski definition) is 3. The van der Waals surface area contributed by atoms with Gasteiger partial charge in [-0.2, -0.15) is 5.26 Å². The maximum Gasteiger partial charge on any atom is 0.166 e. The Morgan fingerprint density at radius 3 is 2.83 bits per heavy atom. The van der Waals surface area contributed by atoms with Gasteiger partial charge in [0.2, 0.25) is 0 Å². The summed E-state index contributed by atoms with van der Waals surface area (Å²) in [6.45, 7) is 1.66. The Hall–Kier alpha value is -1.41. The minimum atomic E-state index is -0.560. The second kappa shape index (κ2) is 7.12. The first kappa shape index (κ1) is 14.7. The zero-order valence-corrected chi connectivity index (χ0v) is 11.6. The molecule has 0 aliphatic heterocycles. The van der Waals surface area contributed by atoms with Crippen LogP contribution in [0.2, 0.25) is 0 Å². The van der Waals surface area contributed by atoms with Crippen molar-refractivity contribution in [1.82, 2.24) is 0 Å². The molecule has 18 heavy (non-hydrogen) atoms. The molecule has 0 saturated heterocycles. The van der Waals surface area contributed by atoms with Crippen molar-refractivity contribution in [3.05, 3.63) is 28.0 Å². The molecule has 0 spiro atoms. The van der Waals surface area contributed by atoms with Crippen molar-refractivity contribution in [2.75, 3.05) is 6.61 Å². The van der Waals surface area contributed by atoms with Crippen LogP contribution in [0.3, 0.4) is 0 Å². The number of carbonyl (C=O) groups excluding carboxylic acids is 1. The highest BCUT2D eigenvalue weighted by atomic mass is 79.9. The molecule has 0 amide bonds. The third-order valence-corrected chi connectivity index (χ3v) is 2.77. The minimum Gasteiger partial charge on any atom is -0.490 e. The van der Waals surface area contributed by atoms with Gasteiger partial charge in [0.25, 0.3) is 0 Å². The average Bonchev–Trinajstić information content (AvgIpc) is 2.30. The van der Waals surface area contributed by atoms with Crippen LogP contribution < -0.4 is 4.74 Å². The van der Waals surface area contributed by atoms with E-state index in [2.05, 4.69) is 15.9 Å². The summed E-state index contributed by atoms with van der Waals surface area (Å²) in [5, 5.41) is 8.37. The highest BCUT2D eigenvalue weighted by Crippen LogP contribution is 2.28. The molecule has 0 N–H and O–H groups in total. The molecular weight excluding hydrogens is 301 g/mol. The number of halogens is 2. The third kappa shape index (κ3) is 4.11. The molecule has 0 atom stereocenters. The van der Waals surface area contributed by atoms with Crippen molar-refractivity contribution in [1.29, 1.82) is 5.26 Å². The summed E-state index contributed by atoms with van der Waals surface area (Å²) in [7, 11) is 0. The van der Waals surface area contributed by atoms with Crippen molar-refractivity contribution in [2.45, 2.75) is 26.2 Å². The van der Waals surface area contributed by atoms with Crippen LogP contribution in [-0.4, -0.2) is 12.4 Å². The Kier molecular flexibility index (Phi) is 5.79. The summed E-state index contributed by atoms with van der Waals surface area (Å²) in [5.74, 6) is -0.820. The summed E-state index contributed by atoms with van der Waals surface area (Å²) in [6.07, 6.45) is 1.80. The van der Waals surface area contributed by atoms with E-state index in [1.807, 2.05) is 6.07 Å². The molecule has 5 heteroatoms. The van der Waals surface area contributed by atoms with Crippen LogP contribution in [0.5, 0.6) is 5.75 Å². The first-order chi connectivity index (χ1) is 8.56. The predicted molar refractivity (Wildman–Crippen MR) is 69.1 cm³/mol. The number of benzene rings is 1. The van der Waals surface area contributed by atoms with Crippen molar-refractivity contribution >= 4 is 21.7 Å². The predicted octanol–water partition coefficient (Wildman–Crippen LogP) is 3.86. The van der Waals surface area contributed by atoms with Crippen LogP contribution in [-0.2, 0) is 0 Å². The molecule has 96 valence electrons. The van der Waals surface area contributed by atoms with Crippen LogP contribution in [0.1, 0.15) is 36.5 Å². The number of nitrogens with zero attached hydrogens (tertiary/aromatic N) is 1. The van der Waals surface area contributed by atoms with E-state index in [0.717, 1.165) is 0 Å². The molecule has 1 aromatic rings. The topological polar surface area (TPSA) is 50.1 Å². The Balaban J connectivity index is 2.75. The molecule has 0 aliphatic carbocycles. The van der Waals surface area contributed by atoms with Gasteiger partial charge in [-0.25, -0.2) is 4.39 Å². The molecule has 0 unspecified atom stereocenters. The van der Waals surface area contributed by atoms with Gasteiger partial charge in [-0.1, -0.05) is 15.9 Å². The monoisotopic (exact) mass is 313 g/mol. The Morgan fingerprint density at radius 2 is 2.22 bits per heavy atom. The van der Waals surface area contributed by atoms with Gasteiger partial charge in [-0.3, -0.25) is 4.79 Å². The highest BCUT2D eigenvalue weighted by Gasteiger charge is 2.15. The van der Waals surface area contributed by atoms with Crippen molar-refractivity contribution < 1.29 is 13.9 Å². The summed E-state index contributed by atoms with van der Waals surface area (Å²) >= 11 is 3.13. The standard InChI is InChI=1S/C13H13BrFNO2/c1-9(17)11-7-10(14)8-12(15)13(11)18-6-4-2-3-5-16/h7-8H,2-4,6H2,1H3. The molecule has 0 saturated carbocycles. The fourth-order valence-electron chi connectivity index (χ4n) is 1.45. The van der Waals surface area contributed by atoms with Gasteiger partial charge in [0, 0.05) is 10.9 Å². The van der Waals surface area contributed by atoms with E-state index >= 15 is 0 Å². The Bertz CT molecular complexity index is 483. The quantitative estimate of drug-likeness (QED) is 0.592. The summed E-state index contributed by atoms with van der Waals surface area (Å²) in [4.78, 5) is 11.4. The van der Waals surface area contributed by atoms with E-state index in [1.54, 1.807) is 0 Å². The number of carbonyl (C=O) groups is 1. The van der Waals surface area contributed by atoms with E-state index in [1.165, 1.54) is 19.1 Å². The fourth-order valence-corrected chi connectivity index (χ4v) is 1.88. The lowest BCUT2D eigenvalue weighted by atomic mass is 10.1. The molecule has 0 radical (unpaired) electrons. The van der Waals surface area contributed by atoms with E-state index in [0.29, 0.717) is 30.3 Å². The maximum absolute atomic E-state index is 13.7. The number of ether oxygens (including phenoxy) is 1. The number of hydrogen-bond donors (Lipinski definition) is 0. The molecule has 1 aromatic carbocycles.